The van der Waals surface area contributed by atoms with Crippen molar-refractivity contribution in [2.75, 3.05) is 5.32 Å². The average Bonchev–Trinajstić information content (AvgIpc) is 2.81. The van der Waals surface area contributed by atoms with Crippen molar-refractivity contribution in [3.05, 3.63) is 37.9 Å². The molecule has 0 aliphatic heterocycles. The summed E-state index contributed by atoms with van der Waals surface area (Å²) in [5.74, 6) is -1.29. The van der Waals surface area contributed by atoms with Crippen LogP contribution < -0.4 is 5.32 Å². The third-order valence-electron chi connectivity index (χ3n) is 2.60. The Kier molecular flexibility index (Phi) is 3.73. The molecule has 2 aromatic rings. The van der Waals surface area contributed by atoms with E-state index in [-0.39, 0.29) is 11.5 Å². The minimum Gasteiger partial charge on any atom is -0.478 e. The SMILES string of the molecule is Cc1cc(C(=O)Nc2sc(C)cc2C(=O)O)c(C)s1. The molecule has 0 atom stereocenters. The standard InChI is InChI=1S/C13H13NO3S2/c1-6-4-9(8(3)18-6)11(15)14-12-10(13(16)17)5-7(2)19-12/h4-5H,1-3H3,(H,14,15)(H,16,17). The number of hydrogen-bond donors (Lipinski definition) is 2. The van der Waals surface area contributed by atoms with Crippen molar-refractivity contribution < 1.29 is 14.7 Å². The molecule has 0 unspecified atom stereocenters. The van der Waals surface area contributed by atoms with Crippen LogP contribution >= 0.6 is 22.7 Å². The van der Waals surface area contributed by atoms with Gasteiger partial charge < -0.3 is 10.4 Å². The number of amides is 1. The molecule has 0 spiro atoms. The van der Waals surface area contributed by atoms with Crippen LogP contribution in [0, 0.1) is 20.8 Å². The van der Waals surface area contributed by atoms with Gasteiger partial charge in [0.25, 0.3) is 5.91 Å². The molecule has 0 aliphatic carbocycles. The Hall–Kier alpha value is -1.66. The molecule has 0 saturated carbocycles. The number of aryl methyl sites for hydroxylation is 3. The summed E-state index contributed by atoms with van der Waals surface area (Å²) in [6.07, 6.45) is 0. The number of rotatable bonds is 3. The van der Waals surface area contributed by atoms with Gasteiger partial charge in [-0.15, -0.1) is 22.7 Å². The van der Waals surface area contributed by atoms with Crippen LogP contribution in [0.3, 0.4) is 0 Å². The Morgan fingerprint density at radius 3 is 2.16 bits per heavy atom. The van der Waals surface area contributed by atoms with Crippen molar-refractivity contribution >= 4 is 39.6 Å². The Bertz CT molecular complexity index is 655. The lowest BCUT2D eigenvalue weighted by molar-refractivity contribution is 0.0698. The molecule has 2 rings (SSSR count). The van der Waals surface area contributed by atoms with Gasteiger partial charge in [0.15, 0.2) is 0 Å². The molecule has 6 heteroatoms. The first kappa shape index (κ1) is 13.8. The predicted octanol–water partition coefficient (Wildman–Crippen LogP) is 3.69. The van der Waals surface area contributed by atoms with Crippen LogP contribution in [0.5, 0.6) is 0 Å². The van der Waals surface area contributed by atoms with Gasteiger partial charge in [-0.1, -0.05) is 0 Å². The Labute approximate surface area is 118 Å². The fourth-order valence-corrected chi connectivity index (χ4v) is 3.61. The van der Waals surface area contributed by atoms with Crippen molar-refractivity contribution in [2.24, 2.45) is 0 Å². The van der Waals surface area contributed by atoms with Crippen LogP contribution in [-0.2, 0) is 0 Å². The summed E-state index contributed by atoms with van der Waals surface area (Å²) >= 11 is 2.82. The third kappa shape index (κ3) is 2.85. The van der Waals surface area contributed by atoms with E-state index in [1.165, 1.54) is 11.3 Å². The molecule has 1 amide bonds. The van der Waals surface area contributed by atoms with Crippen molar-refractivity contribution in [3.8, 4) is 0 Å². The second-order valence-corrected chi connectivity index (χ2v) is 6.90. The molecule has 0 radical (unpaired) electrons. The third-order valence-corrected chi connectivity index (χ3v) is 4.53. The van der Waals surface area contributed by atoms with Gasteiger partial charge in [-0.25, -0.2) is 4.79 Å². The highest BCUT2D eigenvalue weighted by atomic mass is 32.1. The summed E-state index contributed by atoms with van der Waals surface area (Å²) < 4.78 is 0. The molecule has 0 saturated heterocycles. The number of carboxylic acid groups (broad SMARTS) is 1. The van der Waals surface area contributed by atoms with E-state index in [2.05, 4.69) is 5.32 Å². The molecule has 19 heavy (non-hydrogen) atoms. The van der Waals surface area contributed by atoms with E-state index in [0.717, 1.165) is 14.6 Å². The number of carbonyl (C=O) groups is 2. The highest BCUT2D eigenvalue weighted by molar-refractivity contribution is 7.16. The molecule has 0 bridgehead atoms. The second kappa shape index (κ2) is 5.14. The van der Waals surface area contributed by atoms with E-state index in [1.54, 1.807) is 17.4 Å². The smallest absolute Gasteiger partial charge is 0.338 e. The Balaban J connectivity index is 2.29. The summed E-state index contributed by atoms with van der Waals surface area (Å²) in [4.78, 5) is 26.1. The summed E-state index contributed by atoms with van der Waals surface area (Å²) in [7, 11) is 0. The molecule has 0 aromatic carbocycles. The van der Waals surface area contributed by atoms with E-state index >= 15 is 0 Å². The lowest BCUT2D eigenvalue weighted by Crippen LogP contribution is -2.13. The molecule has 2 aromatic heterocycles. The first-order valence-corrected chi connectivity index (χ1v) is 7.24. The van der Waals surface area contributed by atoms with Gasteiger partial charge in [0.05, 0.1) is 11.1 Å². The zero-order valence-electron chi connectivity index (χ0n) is 10.7. The van der Waals surface area contributed by atoms with Crippen LogP contribution in [0.15, 0.2) is 12.1 Å². The lowest BCUT2D eigenvalue weighted by Gasteiger charge is -2.03. The highest BCUT2D eigenvalue weighted by Crippen LogP contribution is 2.29. The minimum absolute atomic E-state index is 0.139. The van der Waals surface area contributed by atoms with Gasteiger partial charge in [0.1, 0.15) is 5.00 Å². The van der Waals surface area contributed by atoms with Gasteiger partial charge >= 0.3 is 5.97 Å². The van der Waals surface area contributed by atoms with E-state index < -0.39 is 5.97 Å². The monoisotopic (exact) mass is 295 g/mol. The number of carboxylic acids is 1. The van der Waals surface area contributed by atoms with Crippen LogP contribution in [0.2, 0.25) is 0 Å². The van der Waals surface area contributed by atoms with Crippen molar-refractivity contribution in [3.63, 3.8) is 0 Å². The summed E-state index contributed by atoms with van der Waals surface area (Å²) in [6.45, 7) is 5.63. The molecule has 4 nitrogen and oxygen atoms in total. The van der Waals surface area contributed by atoms with Crippen LogP contribution in [-0.4, -0.2) is 17.0 Å². The Morgan fingerprint density at radius 1 is 1.05 bits per heavy atom. The van der Waals surface area contributed by atoms with Crippen molar-refractivity contribution in [2.45, 2.75) is 20.8 Å². The maximum absolute atomic E-state index is 12.1. The normalized spacial score (nSPS) is 10.5. The number of anilines is 1. The summed E-state index contributed by atoms with van der Waals surface area (Å²) in [5, 5.41) is 12.2. The van der Waals surface area contributed by atoms with Crippen LogP contribution in [0.4, 0.5) is 5.00 Å². The van der Waals surface area contributed by atoms with Gasteiger partial charge in [0.2, 0.25) is 0 Å². The molecule has 2 heterocycles. The molecule has 2 N–H and O–H groups in total. The fraction of sp³-hybridized carbons (Fsp3) is 0.231. The number of nitrogens with one attached hydrogen (secondary N) is 1. The zero-order valence-corrected chi connectivity index (χ0v) is 12.4. The topological polar surface area (TPSA) is 66.4 Å². The number of carbonyl (C=O) groups excluding carboxylic acids is 1. The first-order valence-electron chi connectivity index (χ1n) is 5.60. The number of thiophene rings is 2. The predicted molar refractivity (Wildman–Crippen MR) is 77.8 cm³/mol. The average molecular weight is 295 g/mol. The van der Waals surface area contributed by atoms with E-state index in [9.17, 15) is 9.59 Å². The maximum atomic E-state index is 12.1. The first-order chi connectivity index (χ1) is 8.88. The fourth-order valence-electron chi connectivity index (χ4n) is 1.79. The summed E-state index contributed by atoms with van der Waals surface area (Å²) in [6, 6.07) is 3.38. The van der Waals surface area contributed by atoms with Crippen LogP contribution in [0.25, 0.3) is 0 Å². The number of aromatic carboxylic acids is 1. The minimum atomic E-state index is -1.03. The molecular formula is C13H13NO3S2. The van der Waals surface area contributed by atoms with Crippen LogP contribution in [0.1, 0.15) is 35.3 Å². The van der Waals surface area contributed by atoms with E-state index in [4.69, 9.17) is 5.11 Å². The lowest BCUT2D eigenvalue weighted by atomic mass is 10.2. The quantitative estimate of drug-likeness (QED) is 0.907. The van der Waals surface area contributed by atoms with E-state index in [0.29, 0.717) is 10.6 Å². The summed E-state index contributed by atoms with van der Waals surface area (Å²) in [5.41, 5.74) is 0.741. The second-order valence-electron chi connectivity index (χ2n) is 4.19. The maximum Gasteiger partial charge on any atom is 0.338 e. The highest BCUT2D eigenvalue weighted by Gasteiger charge is 2.18. The van der Waals surface area contributed by atoms with Crippen molar-refractivity contribution in [1.82, 2.24) is 0 Å². The largest absolute Gasteiger partial charge is 0.478 e. The van der Waals surface area contributed by atoms with Gasteiger partial charge in [-0.2, -0.15) is 0 Å². The molecule has 100 valence electrons. The molecule has 0 fully saturated rings. The Morgan fingerprint density at radius 2 is 1.63 bits per heavy atom. The molecular weight excluding hydrogens is 282 g/mol. The van der Waals surface area contributed by atoms with Crippen molar-refractivity contribution in [1.29, 1.82) is 0 Å². The molecule has 0 aliphatic rings. The van der Waals surface area contributed by atoms with Gasteiger partial charge in [-0.3, -0.25) is 4.79 Å². The van der Waals surface area contributed by atoms with Gasteiger partial charge in [-0.05, 0) is 32.9 Å². The zero-order chi connectivity index (χ0) is 14.2. The van der Waals surface area contributed by atoms with Gasteiger partial charge in [0, 0.05) is 14.6 Å². The van der Waals surface area contributed by atoms with E-state index in [1.807, 2.05) is 26.8 Å². The number of hydrogen-bond acceptors (Lipinski definition) is 4.